The number of likely N-dealkylation sites (N-methyl/N-ethyl adjacent to an activating group) is 1. The fourth-order valence-electron chi connectivity index (χ4n) is 1.49. The second kappa shape index (κ2) is 7.25. The largest absolute Gasteiger partial charge is 0.337 e. The fourth-order valence-corrected chi connectivity index (χ4v) is 1.49. The molecule has 0 bridgehead atoms. The standard InChI is InChI=1S/C12H17FN2O.ClH/c1-3-15(12(16)9(2)14)8-10-5-4-6-11(13)7-10;/h4-7,9H,3,8,14H2,1-2H3;1H/t9-;/m0./s1. The van der Waals surface area contributed by atoms with E-state index in [2.05, 4.69) is 0 Å². The molecule has 0 unspecified atom stereocenters. The Morgan fingerprint density at radius 2 is 2.18 bits per heavy atom. The number of nitrogens with zero attached hydrogens (tertiary/aromatic N) is 1. The molecular formula is C12H18ClFN2O. The fraction of sp³-hybridized carbons (Fsp3) is 0.417. The van der Waals surface area contributed by atoms with Crippen LogP contribution in [0.3, 0.4) is 0 Å². The van der Waals surface area contributed by atoms with Gasteiger partial charge >= 0.3 is 0 Å². The van der Waals surface area contributed by atoms with Gasteiger partial charge in [-0.05, 0) is 31.5 Å². The van der Waals surface area contributed by atoms with Gasteiger partial charge in [-0.25, -0.2) is 4.39 Å². The number of hydrogen-bond acceptors (Lipinski definition) is 2. The molecule has 0 aliphatic rings. The first-order chi connectivity index (χ1) is 7.54. The topological polar surface area (TPSA) is 46.3 Å². The van der Waals surface area contributed by atoms with Gasteiger partial charge < -0.3 is 10.6 Å². The third-order valence-corrected chi connectivity index (χ3v) is 2.35. The maximum absolute atomic E-state index is 13.0. The van der Waals surface area contributed by atoms with E-state index in [1.165, 1.54) is 12.1 Å². The van der Waals surface area contributed by atoms with Crippen molar-refractivity contribution >= 4 is 18.3 Å². The molecule has 96 valence electrons. The first-order valence-corrected chi connectivity index (χ1v) is 5.33. The minimum Gasteiger partial charge on any atom is -0.337 e. The molecule has 0 aliphatic heterocycles. The highest BCUT2D eigenvalue weighted by Crippen LogP contribution is 2.08. The first kappa shape index (κ1) is 15.9. The summed E-state index contributed by atoms with van der Waals surface area (Å²) in [7, 11) is 0. The molecular weight excluding hydrogens is 243 g/mol. The molecule has 1 aromatic carbocycles. The molecule has 1 atom stereocenters. The van der Waals surface area contributed by atoms with Crippen molar-refractivity contribution in [1.29, 1.82) is 0 Å². The molecule has 5 heteroatoms. The van der Waals surface area contributed by atoms with E-state index in [0.29, 0.717) is 13.1 Å². The van der Waals surface area contributed by atoms with Crippen LogP contribution in [0.15, 0.2) is 24.3 Å². The summed E-state index contributed by atoms with van der Waals surface area (Å²) in [4.78, 5) is 13.3. The van der Waals surface area contributed by atoms with Gasteiger partial charge in [0.05, 0.1) is 6.04 Å². The van der Waals surface area contributed by atoms with Crippen LogP contribution in [0.5, 0.6) is 0 Å². The maximum Gasteiger partial charge on any atom is 0.239 e. The van der Waals surface area contributed by atoms with Gasteiger partial charge in [-0.1, -0.05) is 12.1 Å². The molecule has 1 rings (SSSR count). The van der Waals surface area contributed by atoms with Gasteiger partial charge in [0.15, 0.2) is 0 Å². The van der Waals surface area contributed by atoms with Gasteiger partial charge in [0.2, 0.25) is 5.91 Å². The van der Waals surface area contributed by atoms with Crippen molar-refractivity contribution in [2.45, 2.75) is 26.4 Å². The van der Waals surface area contributed by atoms with Crippen molar-refractivity contribution in [3.05, 3.63) is 35.6 Å². The first-order valence-electron chi connectivity index (χ1n) is 5.33. The van der Waals surface area contributed by atoms with Crippen LogP contribution in [0, 0.1) is 5.82 Å². The zero-order valence-corrected chi connectivity index (χ0v) is 10.8. The lowest BCUT2D eigenvalue weighted by Gasteiger charge is -2.22. The molecule has 1 aromatic rings. The van der Waals surface area contributed by atoms with Gasteiger partial charge in [0, 0.05) is 13.1 Å². The predicted octanol–water partition coefficient (Wildman–Crippen LogP) is 1.94. The highest BCUT2D eigenvalue weighted by atomic mass is 35.5. The number of rotatable bonds is 4. The zero-order valence-electron chi connectivity index (χ0n) is 10.0. The third-order valence-electron chi connectivity index (χ3n) is 2.35. The molecule has 0 radical (unpaired) electrons. The van der Waals surface area contributed by atoms with Crippen LogP contribution in [-0.2, 0) is 11.3 Å². The van der Waals surface area contributed by atoms with Crippen molar-refractivity contribution in [1.82, 2.24) is 4.90 Å². The third kappa shape index (κ3) is 4.71. The van der Waals surface area contributed by atoms with Crippen LogP contribution >= 0.6 is 12.4 Å². The van der Waals surface area contributed by atoms with Crippen molar-refractivity contribution in [2.75, 3.05) is 6.54 Å². The zero-order chi connectivity index (χ0) is 12.1. The summed E-state index contributed by atoms with van der Waals surface area (Å²) < 4.78 is 13.0. The number of benzene rings is 1. The summed E-state index contributed by atoms with van der Waals surface area (Å²) >= 11 is 0. The van der Waals surface area contributed by atoms with Crippen LogP contribution in [0.25, 0.3) is 0 Å². The lowest BCUT2D eigenvalue weighted by molar-refractivity contribution is -0.132. The van der Waals surface area contributed by atoms with E-state index in [1.54, 1.807) is 24.0 Å². The minimum atomic E-state index is -0.520. The van der Waals surface area contributed by atoms with Crippen molar-refractivity contribution in [3.63, 3.8) is 0 Å². The summed E-state index contributed by atoms with van der Waals surface area (Å²) in [5.74, 6) is -0.409. The molecule has 1 amide bonds. The number of carbonyl (C=O) groups is 1. The molecule has 3 nitrogen and oxygen atoms in total. The van der Waals surface area contributed by atoms with Gasteiger partial charge in [0.1, 0.15) is 5.82 Å². The second-order valence-electron chi connectivity index (χ2n) is 3.77. The normalized spacial score (nSPS) is 11.5. The van der Waals surface area contributed by atoms with E-state index in [9.17, 15) is 9.18 Å². The van der Waals surface area contributed by atoms with Crippen LogP contribution in [-0.4, -0.2) is 23.4 Å². The molecule has 0 saturated heterocycles. The Labute approximate surface area is 107 Å². The SMILES string of the molecule is CCN(Cc1cccc(F)c1)C(=O)[C@H](C)N.Cl. The summed E-state index contributed by atoms with van der Waals surface area (Å²) in [5.41, 5.74) is 6.30. The lowest BCUT2D eigenvalue weighted by atomic mass is 10.2. The Bertz CT molecular complexity index is 371. The average Bonchev–Trinajstić information content (AvgIpc) is 2.25. The summed E-state index contributed by atoms with van der Waals surface area (Å²) in [6.07, 6.45) is 0. The van der Waals surface area contributed by atoms with E-state index in [4.69, 9.17) is 5.73 Å². The highest BCUT2D eigenvalue weighted by molar-refractivity contribution is 5.85. The van der Waals surface area contributed by atoms with Crippen molar-refractivity contribution in [2.24, 2.45) is 5.73 Å². The molecule has 0 fully saturated rings. The number of nitrogens with two attached hydrogens (primary N) is 1. The van der Waals surface area contributed by atoms with Crippen LogP contribution in [0.2, 0.25) is 0 Å². The summed E-state index contributed by atoms with van der Waals surface area (Å²) in [6.45, 7) is 4.49. The van der Waals surface area contributed by atoms with E-state index < -0.39 is 6.04 Å². The Kier molecular flexibility index (Phi) is 6.76. The maximum atomic E-state index is 13.0. The minimum absolute atomic E-state index is 0. The summed E-state index contributed by atoms with van der Waals surface area (Å²) in [6, 6.07) is 5.72. The Balaban J connectivity index is 0.00000256. The van der Waals surface area contributed by atoms with E-state index in [1.807, 2.05) is 6.92 Å². The lowest BCUT2D eigenvalue weighted by Crippen LogP contribution is -2.41. The van der Waals surface area contributed by atoms with Crippen LogP contribution in [0.1, 0.15) is 19.4 Å². The molecule has 0 spiro atoms. The van der Waals surface area contributed by atoms with Gasteiger partial charge in [-0.2, -0.15) is 0 Å². The van der Waals surface area contributed by atoms with Gasteiger partial charge in [-0.15, -0.1) is 12.4 Å². The summed E-state index contributed by atoms with van der Waals surface area (Å²) in [5, 5.41) is 0. The molecule has 0 saturated carbocycles. The van der Waals surface area contributed by atoms with Crippen molar-refractivity contribution < 1.29 is 9.18 Å². The molecule has 0 aromatic heterocycles. The Hall–Kier alpha value is -1.13. The number of amides is 1. The number of halogens is 2. The molecule has 2 N–H and O–H groups in total. The van der Waals surface area contributed by atoms with E-state index in [-0.39, 0.29) is 24.1 Å². The Morgan fingerprint density at radius 3 is 2.65 bits per heavy atom. The van der Waals surface area contributed by atoms with Crippen LogP contribution in [0.4, 0.5) is 4.39 Å². The molecule has 17 heavy (non-hydrogen) atoms. The second-order valence-corrected chi connectivity index (χ2v) is 3.77. The van der Waals surface area contributed by atoms with Gasteiger partial charge in [0.25, 0.3) is 0 Å². The quantitative estimate of drug-likeness (QED) is 0.899. The van der Waals surface area contributed by atoms with E-state index in [0.717, 1.165) is 5.56 Å². The monoisotopic (exact) mass is 260 g/mol. The number of carbonyl (C=O) groups excluding carboxylic acids is 1. The smallest absolute Gasteiger partial charge is 0.239 e. The predicted molar refractivity (Wildman–Crippen MR) is 68.4 cm³/mol. The van der Waals surface area contributed by atoms with Crippen LogP contribution < -0.4 is 5.73 Å². The molecule has 0 heterocycles. The van der Waals surface area contributed by atoms with E-state index >= 15 is 0 Å². The number of hydrogen-bond donors (Lipinski definition) is 1. The molecule has 0 aliphatic carbocycles. The Morgan fingerprint density at radius 1 is 1.53 bits per heavy atom. The van der Waals surface area contributed by atoms with Crippen molar-refractivity contribution in [3.8, 4) is 0 Å². The van der Waals surface area contributed by atoms with Gasteiger partial charge in [-0.3, -0.25) is 4.79 Å². The average molecular weight is 261 g/mol. The highest BCUT2D eigenvalue weighted by Gasteiger charge is 2.15.